The maximum Gasteiger partial charge on any atom is 0.206 e. The molecule has 0 amide bonds. The van der Waals surface area contributed by atoms with Crippen molar-refractivity contribution < 1.29 is 18.6 Å². The number of nitrogens with one attached hydrogen (secondary N) is 1. The van der Waals surface area contributed by atoms with Crippen LogP contribution in [0.25, 0.3) is 0 Å². The summed E-state index contributed by atoms with van der Waals surface area (Å²) in [5.74, 6) is 0.0206. The lowest BCUT2D eigenvalue weighted by molar-refractivity contribution is 0.175. The van der Waals surface area contributed by atoms with Crippen molar-refractivity contribution in [1.29, 1.82) is 0 Å². The standard InChI is InChI=1S/C22H22ClNO4S/c23-18-3-1-2-17(14-18)22(26)15-24-13-12-16-4-8-20(9-5-16)29(27,28)21-10-6-19(25)7-11-21/h1-11,14,22,24-26H,12-13,15H2/t22-/m0/s1. The van der Waals surface area contributed by atoms with Gasteiger partial charge in [0.1, 0.15) is 5.75 Å². The number of aliphatic hydroxyl groups excluding tert-OH is 1. The Balaban J connectivity index is 1.53. The van der Waals surface area contributed by atoms with Crippen LogP contribution in [0.2, 0.25) is 5.02 Å². The van der Waals surface area contributed by atoms with Crippen molar-refractivity contribution in [2.45, 2.75) is 22.3 Å². The monoisotopic (exact) mass is 431 g/mol. The molecule has 5 nitrogen and oxygen atoms in total. The second kappa shape index (κ2) is 9.41. The molecule has 7 heteroatoms. The minimum atomic E-state index is -3.61. The quantitative estimate of drug-likeness (QED) is 0.473. The molecule has 3 aromatic rings. The summed E-state index contributed by atoms with van der Waals surface area (Å²) in [5.41, 5.74) is 1.74. The molecule has 0 saturated carbocycles. The molecule has 1 atom stereocenters. The average molecular weight is 432 g/mol. The number of aliphatic hydroxyl groups is 1. The van der Waals surface area contributed by atoms with E-state index < -0.39 is 15.9 Å². The summed E-state index contributed by atoms with van der Waals surface area (Å²) in [6, 6.07) is 19.3. The Hall–Kier alpha value is -2.38. The highest BCUT2D eigenvalue weighted by Gasteiger charge is 2.17. The largest absolute Gasteiger partial charge is 0.508 e. The minimum absolute atomic E-state index is 0.0206. The van der Waals surface area contributed by atoms with Crippen molar-refractivity contribution in [2.24, 2.45) is 0 Å². The smallest absolute Gasteiger partial charge is 0.206 e. The molecule has 0 aliphatic rings. The molecule has 0 aliphatic heterocycles. The van der Waals surface area contributed by atoms with Gasteiger partial charge in [-0.3, -0.25) is 0 Å². The SMILES string of the molecule is O=S(=O)(c1ccc(O)cc1)c1ccc(CCNC[C@H](O)c2cccc(Cl)c2)cc1. The van der Waals surface area contributed by atoms with Crippen LogP contribution >= 0.6 is 11.6 Å². The van der Waals surface area contributed by atoms with E-state index in [1.807, 2.05) is 6.07 Å². The van der Waals surface area contributed by atoms with Gasteiger partial charge in [-0.15, -0.1) is 0 Å². The Morgan fingerprint density at radius 3 is 2.17 bits per heavy atom. The van der Waals surface area contributed by atoms with Crippen molar-refractivity contribution in [3.8, 4) is 5.75 Å². The van der Waals surface area contributed by atoms with Crippen LogP contribution in [0.1, 0.15) is 17.2 Å². The van der Waals surface area contributed by atoms with E-state index in [-0.39, 0.29) is 15.5 Å². The fourth-order valence-electron chi connectivity index (χ4n) is 2.90. The van der Waals surface area contributed by atoms with E-state index >= 15 is 0 Å². The fraction of sp³-hybridized carbons (Fsp3) is 0.182. The zero-order valence-corrected chi connectivity index (χ0v) is 17.2. The first kappa shape index (κ1) is 21.3. The Bertz CT molecular complexity index is 1050. The van der Waals surface area contributed by atoms with Crippen molar-refractivity contribution in [3.63, 3.8) is 0 Å². The molecule has 3 N–H and O–H groups in total. The van der Waals surface area contributed by atoms with Crippen LogP contribution in [0.15, 0.2) is 82.6 Å². The van der Waals surface area contributed by atoms with Gasteiger partial charge in [0.05, 0.1) is 15.9 Å². The molecular weight excluding hydrogens is 410 g/mol. The van der Waals surface area contributed by atoms with Crippen LogP contribution in [-0.4, -0.2) is 31.7 Å². The molecule has 0 heterocycles. The lowest BCUT2D eigenvalue weighted by Gasteiger charge is -2.12. The third-order valence-corrected chi connectivity index (χ3v) is 6.56. The number of hydrogen-bond donors (Lipinski definition) is 3. The molecule has 0 fully saturated rings. The molecule has 29 heavy (non-hydrogen) atoms. The topological polar surface area (TPSA) is 86.6 Å². The Kier molecular flexibility index (Phi) is 6.92. The normalized spacial score (nSPS) is 12.6. The minimum Gasteiger partial charge on any atom is -0.508 e. The van der Waals surface area contributed by atoms with Crippen LogP contribution < -0.4 is 5.32 Å². The zero-order chi connectivity index (χ0) is 20.9. The number of sulfone groups is 1. The van der Waals surface area contributed by atoms with Crippen LogP contribution in [0, 0.1) is 0 Å². The third kappa shape index (κ3) is 5.58. The number of aromatic hydroxyl groups is 1. The van der Waals surface area contributed by atoms with Crippen molar-refractivity contribution in [3.05, 3.63) is 88.9 Å². The molecule has 152 valence electrons. The number of rotatable bonds is 8. The Morgan fingerprint density at radius 2 is 1.55 bits per heavy atom. The van der Waals surface area contributed by atoms with Gasteiger partial charge in [-0.05, 0) is 72.6 Å². The third-order valence-electron chi connectivity index (χ3n) is 4.54. The van der Waals surface area contributed by atoms with Gasteiger partial charge in [0.15, 0.2) is 0 Å². The number of benzene rings is 3. The predicted molar refractivity (Wildman–Crippen MR) is 113 cm³/mol. The second-order valence-electron chi connectivity index (χ2n) is 6.67. The van der Waals surface area contributed by atoms with Crippen molar-refractivity contribution in [2.75, 3.05) is 13.1 Å². The van der Waals surface area contributed by atoms with Crippen molar-refractivity contribution in [1.82, 2.24) is 5.32 Å². The van der Waals surface area contributed by atoms with Gasteiger partial charge in [-0.2, -0.15) is 0 Å². The molecule has 0 spiro atoms. The lowest BCUT2D eigenvalue weighted by Crippen LogP contribution is -2.23. The van der Waals surface area contributed by atoms with E-state index in [9.17, 15) is 18.6 Å². The summed E-state index contributed by atoms with van der Waals surface area (Å²) in [7, 11) is -3.61. The second-order valence-corrected chi connectivity index (χ2v) is 9.05. The summed E-state index contributed by atoms with van der Waals surface area (Å²) in [4.78, 5) is 0.344. The van der Waals surface area contributed by atoms with Gasteiger partial charge in [0.25, 0.3) is 0 Å². The molecule has 3 aromatic carbocycles. The maximum atomic E-state index is 12.6. The van der Waals surface area contributed by atoms with E-state index in [2.05, 4.69) is 5.32 Å². The first-order valence-corrected chi connectivity index (χ1v) is 11.0. The van der Waals surface area contributed by atoms with Crippen LogP contribution in [0.4, 0.5) is 0 Å². The van der Waals surface area contributed by atoms with Gasteiger partial charge in [-0.1, -0.05) is 35.9 Å². The Labute approximate surface area is 175 Å². The highest BCUT2D eigenvalue weighted by atomic mass is 35.5. The summed E-state index contributed by atoms with van der Waals surface area (Å²) in [6.07, 6.45) is 0.0495. The van der Waals surface area contributed by atoms with Crippen LogP contribution in [-0.2, 0) is 16.3 Å². The lowest BCUT2D eigenvalue weighted by atomic mass is 10.1. The van der Waals surface area contributed by atoms with Crippen LogP contribution in [0.5, 0.6) is 5.75 Å². The van der Waals surface area contributed by atoms with E-state index in [1.54, 1.807) is 42.5 Å². The maximum absolute atomic E-state index is 12.6. The van der Waals surface area contributed by atoms with Gasteiger partial charge < -0.3 is 15.5 Å². The molecule has 3 rings (SSSR count). The summed E-state index contributed by atoms with van der Waals surface area (Å²) in [5, 5.41) is 23.3. The molecular formula is C22H22ClNO4S. The molecule has 0 aliphatic carbocycles. The molecule has 0 unspecified atom stereocenters. The number of hydrogen-bond acceptors (Lipinski definition) is 5. The van der Waals surface area contributed by atoms with Gasteiger partial charge in [0.2, 0.25) is 9.84 Å². The highest BCUT2D eigenvalue weighted by Crippen LogP contribution is 2.23. The van der Waals surface area contributed by atoms with E-state index in [0.29, 0.717) is 24.5 Å². The molecule has 0 bridgehead atoms. The Morgan fingerprint density at radius 1 is 0.931 bits per heavy atom. The average Bonchev–Trinajstić information content (AvgIpc) is 2.72. The number of halogens is 1. The van der Waals surface area contributed by atoms with Gasteiger partial charge >= 0.3 is 0 Å². The molecule has 0 aromatic heterocycles. The summed E-state index contributed by atoms with van der Waals surface area (Å²) >= 11 is 5.94. The van der Waals surface area contributed by atoms with E-state index in [0.717, 1.165) is 11.1 Å². The number of phenolic OH excluding ortho intramolecular Hbond substituents is 1. The summed E-state index contributed by atoms with van der Waals surface area (Å²) < 4.78 is 25.2. The highest BCUT2D eigenvalue weighted by molar-refractivity contribution is 7.91. The number of phenols is 1. The molecule has 0 saturated heterocycles. The molecule has 0 radical (unpaired) electrons. The fourth-order valence-corrected chi connectivity index (χ4v) is 4.36. The van der Waals surface area contributed by atoms with Gasteiger partial charge in [-0.25, -0.2) is 8.42 Å². The van der Waals surface area contributed by atoms with E-state index in [1.165, 1.54) is 24.3 Å². The van der Waals surface area contributed by atoms with Gasteiger partial charge in [0, 0.05) is 11.6 Å². The van der Waals surface area contributed by atoms with Crippen LogP contribution in [0.3, 0.4) is 0 Å². The summed E-state index contributed by atoms with van der Waals surface area (Å²) in [6.45, 7) is 1.04. The zero-order valence-electron chi connectivity index (χ0n) is 15.6. The first-order chi connectivity index (χ1) is 13.9. The van der Waals surface area contributed by atoms with Crippen molar-refractivity contribution >= 4 is 21.4 Å². The van der Waals surface area contributed by atoms with E-state index in [4.69, 9.17) is 11.6 Å². The predicted octanol–water partition coefficient (Wildman–Crippen LogP) is 3.74. The first-order valence-electron chi connectivity index (χ1n) is 9.13.